The summed E-state index contributed by atoms with van der Waals surface area (Å²) in [5, 5.41) is 9.59. The van der Waals surface area contributed by atoms with Crippen LogP contribution in [0, 0.1) is 0 Å². The number of hydrogen-bond acceptors (Lipinski definition) is 4. The fourth-order valence-corrected chi connectivity index (χ4v) is 3.67. The Morgan fingerprint density at radius 2 is 1.81 bits per heavy atom. The smallest absolute Gasteiger partial charge is 0.251 e. The van der Waals surface area contributed by atoms with Crippen LogP contribution in [0.4, 0.5) is 5.69 Å². The molecule has 0 bridgehead atoms. The quantitative estimate of drug-likeness (QED) is 0.203. The Morgan fingerprint density at radius 1 is 1.09 bits per heavy atom. The molecule has 1 fully saturated rings. The second-order valence-corrected chi connectivity index (χ2v) is 7.64. The van der Waals surface area contributed by atoms with Crippen LogP contribution in [-0.2, 0) is 0 Å². The number of carbonyl (C=O) groups is 1. The van der Waals surface area contributed by atoms with Gasteiger partial charge in [0.1, 0.15) is 5.75 Å². The maximum atomic E-state index is 12.3. The lowest BCUT2D eigenvalue weighted by atomic mass is 10.1. The first kappa shape index (κ1) is 25.8. The number of hydrogen-bond donors (Lipinski definition) is 3. The predicted molar refractivity (Wildman–Crippen MR) is 142 cm³/mol. The van der Waals surface area contributed by atoms with Crippen LogP contribution < -0.4 is 25.6 Å². The molecule has 3 N–H and O–H groups in total. The topological polar surface area (TPSA) is 78.0 Å². The van der Waals surface area contributed by atoms with Crippen molar-refractivity contribution in [3.63, 3.8) is 0 Å². The zero-order valence-electron chi connectivity index (χ0n) is 19.1. The molecular formula is C24H34IN5O2. The summed E-state index contributed by atoms with van der Waals surface area (Å²) < 4.78 is 5.17. The van der Waals surface area contributed by atoms with Crippen molar-refractivity contribution in [3.05, 3.63) is 59.7 Å². The first-order valence-electron chi connectivity index (χ1n) is 10.8. The molecule has 0 aliphatic carbocycles. The number of nitrogens with one attached hydrogen (secondary N) is 3. The van der Waals surface area contributed by atoms with E-state index in [4.69, 9.17) is 4.74 Å². The Kier molecular flexibility index (Phi) is 10.6. The predicted octanol–water partition coefficient (Wildman–Crippen LogP) is 3.57. The lowest BCUT2D eigenvalue weighted by molar-refractivity contribution is 0.0954. The van der Waals surface area contributed by atoms with Gasteiger partial charge >= 0.3 is 0 Å². The van der Waals surface area contributed by atoms with Crippen LogP contribution in [-0.4, -0.2) is 52.2 Å². The summed E-state index contributed by atoms with van der Waals surface area (Å²) >= 11 is 0. The van der Waals surface area contributed by atoms with Gasteiger partial charge in [-0.1, -0.05) is 18.2 Å². The highest BCUT2D eigenvalue weighted by Gasteiger charge is 2.14. The minimum atomic E-state index is -0.129. The maximum absolute atomic E-state index is 12.3. The van der Waals surface area contributed by atoms with Crippen molar-refractivity contribution in [2.75, 3.05) is 45.2 Å². The average Bonchev–Trinajstić information content (AvgIpc) is 3.36. The zero-order valence-corrected chi connectivity index (χ0v) is 21.4. The summed E-state index contributed by atoms with van der Waals surface area (Å²) in [5.41, 5.74) is 3.08. The normalized spacial score (nSPS) is 14.3. The molecule has 3 rings (SSSR count). The molecule has 0 aromatic heterocycles. The summed E-state index contributed by atoms with van der Waals surface area (Å²) in [5.74, 6) is 1.24. The van der Waals surface area contributed by atoms with Gasteiger partial charge in [0, 0.05) is 44.5 Å². The monoisotopic (exact) mass is 551 g/mol. The van der Waals surface area contributed by atoms with Crippen molar-refractivity contribution >= 4 is 41.5 Å². The van der Waals surface area contributed by atoms with Crippen molar-refractivity contribution in [3.8, 4) is 5.75 Å². The highest BCUT2D eigenvalue weighted by Crippen LogP contribution is 2.23. The number of methoxy groups -OCH3 is 1. The third-order valence-corrected chi connectivity index (χ3v) is 5.45. The fourth-order valence-electron chi connectivity index (χ4n) is 3.67. The highest BCUT2D eigenvalue weighted by molar-refractivity contribution is 14.0. The molecule has 0 spiro atoms. The van der Waals surface area contributed by atoms with E-state index in [-0.39, 0.29) is 35.9 Å². The highest BCUT2D eigenvalue weighted by atomic mass is 127. The Labute approximate surface area is 208 Å². The van der Waals surface area contributed by atoms with Crippen LogP contribution in [0.5, 0.6) is 5.75 Å². The Morgan fingerprint density at radius 3 is 2.53 bits per heavy atom. The van der Waals surface area contributed by atoms with Crippen molar-refractivity contribution < 1.29 is 9.53 Å². The third kappa shape index (κ3) is 7.29. The molecule has 2 aromatic carbocycles. The van der Waals surface area contributed by atoms with Gasteiger partial charge in [0.2, 0.25) is 0 Å². The Balaban J connectivity index is 0.00000363. The molecule has 1 aliphatic rings. The number of aliphatic imine (C=N–C) groups is 1. The molecule has 1 aliphatic heterocycles. The van der Waals surface area contributed by atoms with E-state index in [2.05, 4.69) is 57.0 Å². The van der Waals surface area contributed by atoms with Gasteiger partial charge in [0.05, 0.1) is 13.2 Å². The second-order valence-electron chi connectivity index (χ2n) is 7.64. The van der Waals surface area contributed by atoms with Gasteiger partial charge in [-0.05, 0) is 55.7 Å². The molecule has 1 unspecified atom stereocenters. The van der Waals surface area contributed by atoms with E-state index in [1.54, 1.807) is 32.4 Å². The molecule has 2 aromatic rings. The maximum Gasteiger partial charge on any atom is 0.251 e. The van der Waals surface area contributed by atoms with E-state index >= 15 is 0 Å². The van der Waals surface area contributed by atoms with E-state index in [1.165, 1.54) is 24.1 Å². The van der Waals surface area contributed by atoms with Gasteiger partial charge in [0.25, 0.3) is 5.91 Å². The number of ether oxygens (including phenoxy) is 1. The van der Waals surface area contributed by atoms with E-state index in [0.29, 0.717) is 30.4 Å². The van der Waals surface area contributed by atoms with E-state index in [0.717, 1.165) is 13.1 Å². The number of benzene rings is 2. The first-order valence-corrected chi connectivity index (χ1v) is 10.8. The van der Waals surface area contributed by atoms with Crippen molar-refractivity contribution in [2.45, 2.75) is 25.8 Å². The molecule has 7 nitrogen and oxygen atoms in total. The molecular weight excluding hydrogens is 517 g/mol. The number of carbonyl (C=O) groups excluding carboxylic acids is 1. The molecule has 1 saturated heterocycles. The Hall–Kier alpha value is -2.49. The van der Waals surface area contributed by atoms with Crippen molar-refractivity contribution in [1.82, 2.24) is 16.0 Å². The summed E-state index contributed by atoms with van der Waals surface area (Å²) in [7, 11) is 3.33. The summed E-state index contributed by atoms with van der Waals surface area (Å²) in [4.78, 5) is 19.0. The van der Waals surface area contributed by atoms with Gasteiger partial charge < -0.3 is 25.6 Å². The third-order valence-electron chi connectivity index (χ3n) is 5.45. The van der Waals surface area contributed by atoms with Crippen molar-refractivity contribution in [2.24, 2.45) is 4.99 Å². The number of anilines is 1. The largest absolute Gasteiger partial charge is 0.497 e. The van der Waals surface area contributed by atoms with Gasteiger partial charge in [-0.2, -0.15) is 0 Å². The van der Waals surface area contributed by atoms with E-state index < -0.39 is 0 Å². The summed E-state index contributed by atoms with van der Waals surface area (Å²) in [6, 6.07) is 15.9. The Bertz CT molecular complexity index is 899. The van der Waals surface area contributed by atoms with Gasteiger partial charge in [-0.25, -0.2) is 0 Å². The van der Waals surface area contributed by atoms with Crippen LogP contribution >= 0.6 is 24.0 Å². The van der Waals surface area contributed by atoms with Crippen molar-refractivity contribution in [1.29, 1.82) is 0 Å². The number of nitrogens with zero attached hydrogens (tertiary/aromatic N) is 2. The van der Waals surface area contributed by atoms with Gasteiger partial charge in [-0.15, -0.1) is 24.0 Å². The van der Waals surface area contributed by atoms with Crippen LogP contribution in [0.15, 0.2) is 53.5 Å². The number of halogens is 1. The van der Waals surface area contributed by atoms with Gasteiger partial charge in [-0.3, -0.25) is 9.79 Å². The average molecular weight is 551 g/mol. The zero-order chi connectivity index (χ0) is 22.1. The minimum absolute atomic E-state index is 0. The van der Waals surface area contributed by atoms with E-state index in [9.17, 15) is 4.79 Å². The molecule has 0 radical (unpaired) electrons. The molecule has 0 saturated carbocycles. The lowest BCUT2D eigenvalue weighted by Crippen LogP contribution is -2.42. The van der Waals surface area contributed by atoms with Crippen LogP contribution in [0.25, 0.3) is 0 Å². The number of amides is 1. The second kappa shape index (κ2) is 13.1. The van der Waals surface area contributed by atoms with Gasteiger partial charge in [0.15, 0.2) is 5.96 Å². The summed E-state index contributed by atoms with van der Waals surface area (Å²) in [6.45, 7) is 5.44. The first-order chi connectivity index (χ1) is 15.1. The minimum Gasteiger partial charge on any atom is -0.497 e. The lowest BCUT2D eigenvalue weighted by Gasteiger charge is -2.22. The fraction of sp³-hybridized carbons (Fsp3) is 0.417. The van der Waals surface area contributed by atoms with Crippen LogP contribution in [0.3, 0.4) is 0 Å². The molecule has 1 atom stereocenters. The SMILES string of the molecule is CN=C(NCCNC(=O)c1cccc(OC)c1)NC(C)c1cccc(N2CCCC2)c1.I. The molecule has 1 heterocycles. The molecule has 8 heteroatoms. The molecule has 32 heavy (non-hydrogen) atoms. The van der Waals surface area contributed by atoms with Crippen LogP contribution in [0.2, 0.25) is 0 Å². The van der Waals surface area contributed by atoms with Crippen LogP contribution in [0.1, 0.15) is 41.7 Å². The molecule has 1 amide bonds. The number of rotatable bonds is 8. The summed E-state index contributed by atoms with van der Waals surface area (Å²) in [6.07, 6.45) is 2.53. The molecule has 174 valence electrons. The standard InChI is InChI=1S/C24H33N5O2.HI/c1-18(19-8-6-10-21(16-19)29-14-4-5-15-29)28-24(25-2)27-13-12-26-23(30)20-9-7-11-22(17-20)31-3;/h6-11,16-18H,4-5,12-15H2,1-3H3,(H,26,30)(H2,25,27,28);1H. The number of guanidine groups is 1. The van der Waals surface area contributed by atoms with E-state index in [1.807, 2.05) is 6.07 Å².